The van der Waals surface area contributed by atoms with E-state index in [9.17, 15) is 18.0 Å². The standard InChI is InChI=1S/C13H18O8S/c1-6(2)13(15)18-5-9(14)20-12-10-7(3)4-8(19-10)11(12)21-22(16)17/h7-8,10-12,22H,1,4-5H2,2-3H3. The Labute approximate surface area is 129 Å². The molecule has 2 rings (SSSR count). The van der Waals surface area contributed by atoms with Crippen LogP contribution in [0.25, 0.3) is 0 Å². The minimum absolute atomic E-state index is 0.116. The highest BCUT2D eigenvalue weighted by Crippen LogP contribution is 2.42. The van der Waals surface area contributed by atoms with Gasteiger partial charge in [-0.15, -0.1) is 0 Å². The summed E-state index contributed by atoms with van der Waals surface area (Å²) in [6.45, 7) is 6.18. The monoisotopic (exact) mass is 334 g/mol. The SMILES string of the molecule is C=C(C)C(=O)OCC(=O)OC1C2OC(CC2C)C1O[SH](=O)=O. The summed E-state index contributed by atoms with van der Waals surface area (Å²) in [5, 5.41) is 0. The van der Waals surface area contributed by atoms with Gasteiger partial charge in [-0.2, -0.15) is 0 Å². The maximum Gasteiger partial charge on any atom is 0.344 e. The molecule has 0 aromatic rings. The van der Waals surface area contributed by atoms with Gasteiger partial charge in [-0.3, -0.25) is 4.18 Å². The number of fused-ring (bicyclic) bond motifs is 2. The first-order valence-corrected chi connectivity index (χ1v) is 7.88. The van der Waals surface area contributed by atoms with Gasteiger partial charge < -0.3 is 14.2 Å². The van der Waals surface area contributed by atoms with E-state index in [1.54, 1.807) is 0 Å². The molecule has 0 spiro atoms. The summed E-state index contributed by atoms with van der Waals surface area (Å²) in [4.78, 5) is 23.0. The largest absolute Gasteiger partial charge is 0.454 e. The third-order valence-electron chi connectivity index (χ3n) is 3.66. The summed E-state index contributed by atoms with van der Waals surface area (Å²) in [7, 11) is -3.08. The van der Waals surface area contributed by atoms with Crippen LogP contribution < -0.4 is 0 Å². The van der Waals surface area contributed by atoms with Gasteiger partial charge in [0.25, 0.3) is 11.0 Å². The molecule has 0 amide bonds. The molecule has 2 aliphatic rings. The van der Waals surface area contributed by atoms with Gasteiger partial charge in [-0.1, -0.05) is 13.5 Å². The molecule has 124 valence electrons. The van der Waals surface area contributed by atoms with Crippen molar-refractivity contribution in [3.8, 4) is 0 Å². The van der Waals surface area contributed by atoms with E-state index in [1.807, 2.05) is 6.92 Å². The van der Waals surface area contributed by atoms with Crippen LogP contribution in [-0.2, 0) is 39.0 Å². The van der Waals surface area contributed by atoms with Gasteiger partial charge in [-0.25, -0.2) is 18.0 Å². The van der Waals surface area contributed by atoms with Gasteiger partial charge in [0.15, 0.2) is 12.7 Å². The van der Waals surface area contributed by atoms with E-state index in [-0.39, 0.29) is 11.5 Å². The molecule has 2 heterocycles. The maximum absolute atomic E-state index is 11.7. The Hall–Kier alpha value is -1.45. The second kappa shape index (κ2) is 6.76. The molecule has 2 bridgehead atoms. The molecule has 2 saturated heterocycles. The van der Waals surface area contributed by atoms with Crippen LogP contribution in [0.15, 0.2) is 12.2 Å². The van der Waals surface area contributed by atoms with E-state index in [2.05, 4.69) is 11.3 Å². The molecule has 22 heavy (non-hydrogen) atoms. The van der Waals surface area contributed by atoms with E-state index in [0.29, 0.717) is 6.42 Å². The molecule has 8 nitrogen and oxygen atoms in total. The van der Waals surface area contributed by atoms with Gasteiger partial charge in [-0.05, 0) is 19.3 Å². The topological polar surface area (TPSA) is 105 Å². The van der Waals surface area contributed by atoms with Crippen molar-refractivity contribution >= 4 is 22.9 Å². The molecule has 0 aromatic carbocycles. The fourth-order valence-corrected chi connectivity index (χ4v) is 3.15. The predicted octanol–water partition coefficient (Wildman–Crippen LogP) is -0.264. The Bertz CT molecular complexity index is 546. The molecule has 2 aliphatic heterocycles. The number of hydrogen-bond donors (Lipinski definition) is 1. The van der Waals surface area contributed by atoms with Crippen molar-refractivity contribution in [2.24, 2.45) is 5.92 Å². The summed E-state index contributed by atoms with van der Waals surface area (Å²) < 4.78 is 41.8. The number of rotatable bonds is 6. The highest BCUT2D eigenvalue weighted by molar-refractivity contribution is 7.67. The van der Waals surface area contributed by atoms with Crippen LogP contribution in [0.5, 0.6) is 0 Å². The van der Waals surface area contributed by atoms with Crippen LogP contribution in [-0.4, -0.2) is 51.4 Å². The fourth-order valence-electron chi connectivity index (χ4n) is 2.70. The van der Waals surface area contributed by atoms with Crippen molar-refractivity contribution in [3.05, 3.63) is 12.2 Å². The predicted molar refractivity (Wildman–Crippen MR) is 73.3 cm³/mol. The summed E-state index contributed by atoms with van der Waals surface area (Å²) in [5.41, 5.74) is 0.161. The average Bonchev–Trinajstić information content (AvgIpc) is 2.94. The van der Waals surface area contributed by atoms with Crippen molar-refractivity contribution in [2.45, 2.75) is 44.7 Å². The van der Waals surface area contributed by atoms with Gasteiger partial charge in [0.1, 0.15) is 12.2 Å². The lowest BCUT2D eigenvalue weighted by Crippen LogP contribution is -2.45. The minimum Gasteiger partial charge on any atom is -0.454 e. The minimum atomic E-state index is -3.08. The first-order chi connectivity index (χ1) is 10.3. The molecule has 9 heteroatoms. The smallest absolute Gasteiger partial charge is 0.344 e. The Balaban J connectivity index is 1.95. The van der Waals surface area contributed by atoms with E-state index in [1.165, 1.54) is 6.92 Å². The number of hydrogen-bond acceptors (Lipinski definition) is 8. The maximum atomic E-state index is 11.7. The summed E-state index contributed by atoms with van der Waals surface area (Å²) in [6, 6.07) is 0. The molecular formula is C13H18O8S. The lowest BCUT2D eigenvalue weighted by molar-refractivity contribution is -0.166. The third kappa shape index (κ3) is 3.65. The highest BCUT2D eigenvalue weighted by Gasteiger charge is 2.56. The van der Waals surface area contributed by atoms with Crippen molar-refractivity contribution in [1.29, 1.82) is 0 Å². The average molecular weight is 334 g/mol. The Morgan fingerprint density at radius 2 is 2.00 bits per heavy atom. The molecule has 0 aromatic heterocycles. The van der Waals surface area contributed by atoms with Crippen LogP contribution in [0.4, 0.5) is 0 Å². The number of ether oxygens (including phenoxy) is 3. The normalized spacial score (nSPS) is 33.0. The molecule has 5 unspecified atom stereocenters. The van der Waals surface area contributed by atoms with E-state index in [4.69, 9.17) is 13.7 Å². The first-order valence-electron chi connectivity index (χ1n) is 6.78. The molecule has 2 fully saturated rings. The Morgan fingerprint density at radius 3 is 2.59 bits per heavy atom. The van der Waals surface area contributed by atoms with Crippen molar-refractivity contribution in [3.63, 3.8) is 0 Å². The lowest BCUT2D eigenvalue weighted by atomic mass is 9.86. The molecular weight excluding hydrogens is 316 g/mol. The van der Waals surface area contributed by atoms with E-state index in [0.717, 1.165) is 0 Å². The zero-order chi connectivity index (χ0) is 16.4. The summed E-state index contributed by atoms with van der Waals surface area (Å²) in [5.74, 6) is -1.38. The molecule has 0 saturated carbocycles. The number of carbonyl (C=O) groups excluding carboxylic acids is 2. The highest BCUT2D eigenvalue weighted by atomic mass is 32.2. The molecule has 0 radical (unpaired) electrons. The summed E-state index contributed by atoms with van der Waals surface area (Å²) in [6.07, 6.45) is -1.91. The fraction of sp³-hybridized carbons (Fsp3) is 0.692. The van der Waals surface area contributed by atoms with Gasteiger partial charge in [0, 0.05) is 5.57 Å². The van der Waals surface area contributed by atoms with Crippen LogP contribution in [0.1, 0.15) is 20.3 Å². The first kappa shape index (κ1) is 16.9. The number of esters is 2. The molecule has 0 N–H and O–H groups in total. The van der Waals surface area contributed by atoms with Crippen LogP contribution in [0.3, 0.4) is 0 Å². The lowest BCUT2D eigenvalue weighted by Gasteiger charge is -2.28. The summed E-state index contributed by atoms with van der Waals surface area (Å²) >= 11 is 0. The molecule has 5 atom stereocenters. The van der Waals surface area contributed by atoms with Gasteiger partial charge in [0.2, 0.25) is 0 Å². The Kier molecular flexibility index (Phi) is 5.20. The van der Waals surface area contributed by atoms with Gasteiger partial charge >= 0.3 is 11.9 Å². The Morgan fingerprint density at radius 1 is 1.32 bits per heavy atom. The van der Waals surface area contributed by atoms with Gasteiger partial charge in [0.05, 0.1) is 6.10 Å². The zero-order valence-electron chi connectivity index (χ0n) is 12.2. The zero-order valence-corrected chi connectivity index (χ0v) is 13.1. The third-order valence-corrected chi connectivity index (χ3v) is 4.07. The van der Waals surface area contributed by atoms with Crippen molar-refractivity contribution in [1.82, 2.24) is 0 Å². The van der Waals surface area contributed by atoms with Crippen LogP contribution in [0.2, 0.25) is 0 Å². The van der Waals surface area contributed by atoms with Crippen LogP contribution in [0, 0.1) is 5.92 Å². The van der Waals surface area contributed by atoms with E-state index < -0.39 is 53.9 Å². The van der Waals surface area contributed by atoms with Crippen LogP contribution >= 0.6 is 0 Å². The van der Waals surface area contributed by atoms with Crippen molar-refractivity contribution < 1.29 is 36.4 Å². The number of carbonyl (C=O) groups is 2. The number of thiol groups is 1. The van der Waals surface area contributed by atoms with E-state index >= 15 is 0 Å². The second-order valence-corrected chi connectivity index (χ2v) is 6.11. The quantitative estimate of drug-likeness (QED) is 0.402. The van der Waals surface area contributed by atoms with Crippen molar-refractivity contribution in [2.75, 3.05) is 6.61 Å². The molecule has 0 aliphatic carbocycles. The second-order valence-electron chi connectivity index (χ2n) is 5.46.